The van der Waals surface area contributed by atoms with Crippen molar-refractivity contribution in [1.82, 2.24) is 34.9 Å². The van der Waals surface area contributed by atoms with Crippen molar-refractivity contribution in [2.75, 3.05) is 31.5 Å². The second kappa shape index (κ2) is 15.9. The maximum atomic E-state index is 13.1. The lowest BCUT2D eigenvalue weighted by atomic mass is 9.89. The highest BCUT2D eigenvalue weighted by Gasteiger charge is 2.37. The highest BCUT2D eigenvalue weighted by molar-refractivity contribution is 5.90. The van der Waals surface area contributed by atoms with Crippen molar-refractivity contribution in [3.8, 4) is 5.69 Å². The molecule has 4 rings (SSSR count). The molecule has 274 valence electrons. The number of nitrogens with zero attached hydrogens (tertiary/aromatic N) is 5. The van der Waals surface area contributed by atoms with E-state index in [1.807, 2.05) is 24.3 Å². The van der Waals surface area contributed by atoms with Crippen molar-refractivity contribution < 1.29 is 29.0 Å². The number of piperazine rings is 1. The van der Waals surface area contributed by atoms with Crippen molar-refractivity contribution >= 4 is 29.9 Å². The maximum Gasteiger partial charge on any atom is 0.408 e. The Labute approximate surface area is 293 Å². The fourth-order valence-electron chi connectivity index (χ4n) is 6.41. The molecule has 0 radical (unpaired) electrons. The summed E-state index contributed by atoms with van der Waals surface area (Å²) >= 11 is 0. The van der Waals surface area contributed by atoms with Crippen LogP contribution in [0.1, 0.15) is 79.7 Å². The van der Waals surface area contributed by atoms with E-state index in [2.05, 4.69) is 39.7 Å². The second-order valence-electron chi connectivity index (χ2n) is 14.8. The molecule has 15 nitrogen and oxygen atoms in total. The van der Waals surface area contributed by atoms with E-state index in [9.17, 15) is 24.0 Å². The van der Waals surface area contributed by atoms with Crippen molar-refractivity contribution in [2.24, 2.45) is 0 Å². The van der Waals surface area contributed by atoms with Crippen molar-refractivity contribution in [2.45, 2.75) is 110 Å². The van der Waals surface area contributed by atoms with Gasteiger partial charge in [0, 0.05) is 57.0 Å². The summed E-state index contributed by atoms with van der Waals surface area (Å²) in [5.74, 6) is -0.163. The molecule has 1 aliphatic heterocycles. The molecule has 1 saturated carbocycles. The third kappa shape index (κ3) is 10.4. The summed E-state index contributed by atoms with van der Waals surface area (Å²) in [6.45, 7) is 14.6. The Bertz CT molecular complexity index is 1570. The summed E-state index contributed by atoms with van der Waals surface area (Å²) in [6.07, 6.45) is 3.40. The molecule has 0 unspecified atom stereocenters. The number of benzene rings is 1. The molecule has 2 heterocycles. The van der Waals surface area contributed by atoms with Gasteiger partial charge in [-0.05, 0) is 97.9 Å². The Hall–Kier alpha value is -4.66. The standard InChI is InChI=1S/C35H52N8O7/c1-23(2)43(27-14-10-25(11-15-27)36-32(47)48)22-24-8-12-26(13-9-24)42-17-16-28(38-31(42)46)37-30(45)41-20-18-40(19-21-41)29(44)35(6,7)39-33(49)50-34(3,4)5/h8-9,12-13,16-17,23,25,27,36H,10-11,14-15,18-22H2,1-7H3,(H,39,49)(H,47,48)(H,37,38,45,46)/t25-,27-. The summed E-state index contributed by atoms with van der Waals surface area (Å²) in [5.41, 5.74) is -0.690. The molecule has 0 atom stereocenters. The van der Waals surface area contributed by atoms with Gasteiger partial charge in [0.25, 0.3) is 0 Å². The number of urea groups is 1. The van der Waals surface area contributed by atoms with Crippen molar-refractivity contribution in [3.05, 3.63) is 52.6 Å². The molecule has 50 heavy (non-hydrogen) atoms. The number of amides is 5. The molecule has 15 heteroatoms. The van der Waals surface area contributed by atoms with E-state index >= 15 is 0 Å². The smallest absolute Gasteiger partial charge is 0.408 e. The fourth-order valence-corrected chi connectivity index (χ4v) is 6.41. The summed E-state index contributed by atoms with van der Waals surface area (Å²) < 4.78 is 6.69. The van der Waals surface area contributed by atoms with Crippen LogP contribution in [0.3, 0.4) is 0 Å². The van der Waals surface area contributed by atoms with Crippen LogP contribution >= 0.6 is 0 Å². The minimum Gasteiger partial charge on any atom is -0.465 e. The number of carbonyl (C=O) groups excluding carboxylic acids is 3. The van der Waals surface area contributed by atoms with Crippen LogP contribution in [0.2, 0.25) is 0 Å². The van der Waals surface area contributed by atoms with E-state index < -0.39 is 35.0 Å². The SMILES string of the molecule is CC(C)N(Cc1ccc(-n2ccc(NC(=O)N3CCN(C(=O)C(C)(C)NC(=O)OC(C)(C)C)CC3)nc2=O)cc1)[C@H]1CC[C@H](NC(=O)O)CC1. The van der Waals surface area contributed by atoms with Gasteiger partial charge in [-0.15, -0.1) is 0 Å². The first-order valence-electron chi connectivity index (χ1n) is 17.2. The highest BCUT2D eigenvalue weighted by Crippen LogP contribution is 2.27. The van der Waals surface area contributed by atoms with E-state index in [1.165, 1.54) is 4.57 Å². The van der Waals surface area contributed by atoms with Gasteiger partial charge in [0.1, 0.15) is 17.0 Å². The topological polar surface area (TPSA) is 178 Å². The number of ether oxygens (including phenoxy) is 1. The number of hydrogen-bond acceptors (Lipinski definition) is 8. The lowest BCUT2D eigenvalue weighted by molar-refractivity contribution is -0.138. The maximum absolute atomic E-state index is 13.1. The number of nitrogens with one attached hydrogen (secondary N) is 3. The van der Waals surface area contributed by atoms with Gasteiger partial charge < -0.3 is 30.3 Å². The number of aromatic nitrogens is 2. The highest BCUT2D eigenvalue weighted by atomic mass is 16.6. The van der Waals surface area contributed by atoms with Crippen LogP contribution in [-0.2, 0) is 16.1 Å². The van der Waals surface area contributed by atoms with Gasteiger partial charge in [0.2, 0.25) is 5.91 Å². The van der Waals surface area contributed by atoms with Crippen LogP contribution in [0.4, 0.5) is 20.2 Å². The normalized spacial score (nSPS) is 18.5. The van der Waals surface area contributed by atoms with Gasteiger partial charge in [-0.3, -0.25) is 19.6 Å². The summed E-state index contributed by atoms with van der Waals surface area (Å²) in [5, 5.41) is 17.0. The van der Waals surface area contributed by atoms with E-state index in [0.29, 0.717) is 17.8 Å². The number of rotatable bonds is 9. The van der Waals surface area contributed by atoms with Gasteiger partial charge in [-0.25, -0.2) is 19.2 Å². The van der Waals surface area contributed by atoms with Gasteiger partial charge in [-0.1, -0.05) is 12.1 Å². The molecule has 4 N–H and O–H groups in total. The van der Waals surface area contributed by atoms with Crippen LogP contribution < -0.4 is 21.6 Å². The largest absolute Gasteiger partial charge is 0.465 e. The van der Waals surface area contributed by atoms with Crippen molar-refractivity contribution in [1.29, 1.82) is 0 Å². The lowest BCUT2D eigenvalue weighted by Gasteiger charge is -2.39. The Morgan fingerprint density at radius 1 is 0.940 bits per heavy atom. The first kappa shape index (κ1) is 38.1. The molecule has 2 aliphatic rings. The monoisotopic (exact) mass is 696 g/mol. The third-order valence-corrected chi connectivity index (χ3v) is 8.98. The van der Waals surface area contributed by atoms with E-state index in [0.717, 1.165) is 37.8 Å². The number of carbonyl (C=O) groups is 4. The summed E-state index contributed by atoms with van der Waals surface area (Å²) in [7, 11) is 0. The van der Waals surface area contributed by atoms with Crippen LogP contribution in [0.25, 0.3) is 5.69 Å². The van der Waals surface area contributed by atoms with E-state index in [-0.39, 0.29) is 43.9 Å². The zero-order valence-electron chi connectivity index (χ0n) is 30.2. The lowest BCUT2D eigenvalue weighted by Crippen LogP contribution is -2.60. The predicted molar refractivity (Wildman–Crippen MR) is 188 cm³/mol. The van der Waals surface area contributed by atoms with Gasteiger partial charge in [0.15, 0.2) is 0 Å². The fraction of sp³-hybridized carbons (Fsp3) is 0.600. The first-order chi connectivity index (χ1) is 23.4. The minimum absolute atomic E-state index is 0.00623. The summed E-state index contributed by atoms with van der Waals surface area (Å²) in [4.78, 5) is 72.0. The van der Waals surface area contributed by atoms with Gasteiger partial charge in [0.05, 0.1) is 5.69 Å². The molecule has 1 aromatic carbocycles. The third-order valence-electron chi connectivity index (χ3n) is 8.98. The van der Waals surface area contributed by atoms with Gasteiger partial charge in [-0.2, -0.15) is 4.98 Å². The molecule has 2 aromatic rings. The van der Waals surface area contributed by atoms with Crippen molar-refractivity contribution in [3.63, 3.8) is 0 Å². The zero-order chi connectivity index (χ0) is 36.8. The minimum atomic E-state index is -1.20. The molecule has 1 aliphatic carbocycles. The number of alkyl carbamates (subject to hydrolysis) is 1. The quantitative estimate of drug-likeness (QED) is 0.302. The Kier molecular flexibility index (Phi) is 12.1. The van der Waals surface area contributed by atoms with Crippen LogP contribution in [0.5, 0.6) is 0 Å². The Morgan fingerprint density at radius 2 is 1.54 bits per heavy atom. The van der Waals surface area contributed by atoms with E-state index in [1.54, 1.807) is 56.7 Å². The molecule has 2 fully saturated rings. The molecule has 0 bridgehead atoms. The Balaban J connectivity index is 1.29. The molecular formula is C35H52N8O7. The predicted octanol–water partition coefficient (Wildman–Crippen LogP) is 4.00. The molecule has 5 amide bonds. The first-order valence-corrected chi connectivity index (χ1v) is 17.2. The molecule has 1 saturated heterocycles. The molecular weight excluding hydrogens is 644 g/mol. The second-order valence-corrected chi connectivity index (χ2v) is 14.8. The Morgan fingerprint density at radius 3 is 2.08 bits per heavy atom. The van der Waals surface area contributed by atoms with Crippen LogP contribution in [-0.4, -0.2) is 109 Å². The van der Waals surface area contributed by atoms with Crippen LogP contribution in [0.15, 0.2) is 41.3 Å². The average Bonchev–Trinajstić information content (AvgIpc) is 3.02. The van der Waals surface area contributed by atoms with Crippen LogP contribution in [0, 0.1) is 0 Å². The molecule has 1 aromatic heterocycles. The average molecular weight is 697 g/mol. The van der Waals surface area contributed by atoms with Gasteiger partial charge >= 0.3 is 23.9 Å². The zero-order valence-corrected chi connectivity index (χ0v) is 30.2. The van der Waals surface area contributed by atoms with E-state index in [4.69, 9.17) is 9.84 Å². The number of hydrogen-bond donors (Lipinski definition) is 4. The molecule has 0 spiro atoms. The number of anilines is 1. The summed E-state index contributed by atoms with van der Waals surface area (Å²) in [6, 6.07) is 9.53. The number of carboxylic acid groups (broad SMARTS) is 1.